The van der Waals surface area contributed by atoms with Gasteiger partial charge in [0.05, 0.1) is 0 Å². The highest BCUT2D eigenvalue weighted by atomic mass is 32.1. The zero-order valence-corrected chi connectivity index (χ0v) is 20.6. The van der Waals surface area contributed by atoms with Crippen LogP contribution in [0.2, 0.25) is 0 Å². The summed E-state index contributed by atoms with van der Waals surface area (Å²) in [5.74, 6) is 0.0861. The van der Waals surface area contributed by atoms with Gasteiger partial charge in [-0.05, 0) is 58.9 Å². The smallest absolute Gasteiger partial charge is 0.409 e. The summed E-state index contributed by atoms with van der Waals surface area (Å²) in [6.07, 6.45) is -0.227. The molecule has 0 radical (unpaired) electrons. The fraction of sp³-hybridized carbons (Fsp3) is 0.321. The minimum atomic E-state index is -0.227. The molecule has 0 atom stereocenters. The van der Waals surface area contributed by atoms with E-state index in [2.05, 4.69) is 79.0 Å². The Kier molecular flexibility index (Phi) is 6.28. The van der Waals surface area contributed by atoms with Gasteiger partial charge in [-0.2, -0.15) is 0 Å². The molecule has 0 spiro atoms. The Hall–Kier alpha value is -2.96. The maximum Gasteiger partial charge on any atom is 0.409 e. The van der Waals surface area contributed by atoms with Gasteiger partial charge in [-0.1, -0.05) is 48.5 Å². The van der Waals surface area contributed by atoms with Crippen LogP contribution in [-0.4, -0.2) is 48.7 Å². The Morgan fingerprint density at radius 1 is 0.971 bits per heavy atom. The van der Waals surface area contributed by atoms with Gasteiger partial charge in [0.1, 0.15) is 6.61 Å². The summed E-state index contributed by atoms with van der Waals surface area (Å²) >= 11 is 4.57. The lowest BCUT2D eigenvalue weighted by Gasteiger charge is -2.34. The summed E-state index contributed by atoms with van der Waals surface area (Å²) in [5, 5.41) is 0. The molecule has 1 aliphatic carbocycles. The highest BCUT2D eigenvalue weighted by molar-refractivity contribution is 7.80. The highest BCUT2D eigenvalue weighted by Gasteiger charge is 2.30. The number of piperazine rings is 1. The van der Waals surface area contributed by atoms with Crippen molar-refractivity contribution in [2.24, 2.45) is 0 Å². The van der Waals surface area contributed by atoms with Gasteiger partial charge in [0, 0.05) is 49.2 Å². The predicted molar refractivity (Wildman–Crippen MR) is 139 cm³/mol. The third kappa shape index (κ3) is 4.17. The second kappa shape index (κ2) is 9.35. The van der Waals surface area contributed by atoms with Crippen molar-refractivity contribution < 1.29 is 9.53 Å². The van der Waals surface area contributed by atoms with Crippen molar-refractivity contribution in [3.63, 3.8) is 0 Å². The molecular formula is C28H31N3O2S. The molecule has 0 unspecified atom stereocenters. The van der Waals surface area contributed by atoms with Gasteiger partial charge in [-0.3, -0.25) is 4.90 Å². The van der Waals surface area contributed by atoms with E-state index in [9.17, 15) is 4.79 Å². The first-order chi connectivity index (χ1) is 16.4. The van der Waals surface area contributed by atoms with Crippen LogP contribution in [0.25, 0.3) is 11.1 Å². The number of benzene rings is 3. The van der Waals surface area contributed by atoms with Crippen LogP contribution in [0.15, 0.2) is 59.5 Å². The average Bonchev–Trinajstić information content (AvgIpc) is 3.18. The largest absolute Gasteiger partial charge is 0.448 e. The molecule has 34 heavy (non-hydrogen) atoms. The highest BCUT2D eigenvalue weighted by Crippen LogP contribution is 2.44. The molecule has 6 heteroatoms. The van der Waals surface area contributed by atoms with Crippen LogP contribution in [0, 0.1) is 13.8 Å². The SMILES string of the molecule is Cc1c(S)cc(CN2CCN(C(=O)OCC3c4ccccc4-c4ccccc43)CC2)c(C)c1N. The summed E-state index contributed by atoms with van der Waals surface area (Å²) in [6.45, 7) is 8.16. The van der Waals surface area contributed by atoms with Crippen molar-refractivity contribution in [3.05, 3.63) is 82.4 Å². The second-order valence-electron chi connectivity index (χ2n) is 9.29. The van der Waals surface area contributed by atoms with Gasteiger partial charge in [0.2, 0.25) is 0 Å². The Morgan fingerprint density at radius 3 is 2.18 bits per heavy atom. The number of amides is 1. The molecule has 3 aromatic carbocycles. The number of hydrogen-bond donors (Lipinski definition) is 2. The first-order valence-electron chi connectivity index (χ1n) is 11.8. The molecule has 1 heterocycles. The third-order valence-electron chi connectivity index (χ3n) is 7.35. The van der Waals surface area contributed by atoms with Crippen LogP contribution in [0.5, 0.6) is 0 Å². The number of rotatable bonds is 4. The number of thiol groups is 1. The van der Waals surface area contributed by atoms with E-state index in [4.69, 9.17) is 10.5 Å². The standard InChI is InChI=1S/C28H31N3O2S/c1-18-20(15-26(34)19(2)27(18)29)16-30-11-13-31(14-12-30)28(32)33-17-25-23-9-5-3-7-21(23)22-8-4-6-10-24(22)25/h3-10,15,25,34H,11-14,16-17,29H2,1-2H3. The van der Waals surface area contributed by atoms with Crippen molar-refractivity contribution in [1.82, 2.24) is 9.80 Å². The summed E-state index contributed by atoms with van der Waals surface area (Å²) in [7, 11) is 0. The minimum absolute atomic E-state index is 0.0861. The van der Waals surface area contributed by atoms with E-state index in [1.807, 2.05) is 11.8 Å². The lowest BCUT2D eigenvalue weighted by Crippen LogP contribution is -2.48. The maximum absolute atomic E-state index is 12.9. The molecule has 1 fully saturated rings. The molecule has 0 aromatic heterocycles. The Balaban J connectivity index is 1.18. The van der Waals surface area contributed by atoms with Gasteiger partial charge in [0.25, 0.3) is 0 Å². The first kappa shape index (κ1) is 22.8. The number of nitrogen functional groups attached to an aromatic ring is 1. The summed E-state index contributed by atoms with van der Waals surface area (Å²) in [6, 6.07) is 18.9. The lowest BCUT2D eigenvalue weighted by molar-refractivity contribution is 0.0728. The maximum atomic E-state index is 12.9. The fourth-order valence-electron chi connectivity index (χ4n) is 5.15. The fourth-order valence-corrected chi connectivity index (χ4v) is 5.43. The van der Waals surface area contributed by atoms with Gasteiger partial charge < -0.3 is 15.4 Å². The molecule has 1 aliphatic heterocycles. The Labute approximate surface area is 206 Å². The van der Waals surface area contributed by atoms with E-state index in [1.54, 1.807) is 0 Å². The zero-order chi connectivity index (χ0) is 23.8. The zero-order valence-electron chi connectivity index (χ0n) is 19.8. The van der Waals surface area contributed by atoms with E-state index < -0.39 is 0 Å². The average molecular weight is 474 g/mol. The van der Waals surface area contributed by atoms with Gasteiger partial charge in [-0.15, -0.1) is 12.6 Å². The van der Waals surface area contributed by atoms with Crippen LogP contribution in [0.4, 0.5) is 10.5 Å². The van der Waals surface area contributed by atoms with E-state index in [0.29, 0.717) is 19.7 Å². The first-order valence-corrected chi connectivity index (χ1v) is 12.3. The molecule has 0 bridgehead atoms. The molecule has 5 rings (SSSR count). The molecule has 2 aliphatic rings. The molecular weight excluding hydrogens is 442 g/mol. The molecule has 3 aromatic rings. The van der Waals surface area contributed by atoms with Crippen molar-refractivity contribution in [2.75, 3.05) is 38.5 Å². The second-order valence-corrected chi connectivity index (χ2v) is 9.77. The van der Waals surface area contributed by atoms with Crippen LogP contribution >= 0.6 is 12.6 Å². The summed E-state index contributed by atoms with van der Waals surface area (Å²) in [4.78, 5) is 18.0. The Bertz CT molecular complexity index is 1190. The van der Waals surface area contributed by atoms with E-state index in [1.165, 1.54) is 27.8 Å². The molecule has 176 valence electrons. The monoisotopic (exact) mass is 473 g/mol. The van der Waals surface area contributed by atoms with Crippen molar-refractivity contribution in [2.45, 2.75) is 31.2 Å². The Morgan fingerprint density at radius 2 is 1.56 bits per heavy atom. The predicted octanol–water partition coefficient (Wildman–Crippen LogP) is 5.24. The molecule has 2 N–H and O–H groups in total. The number of anilines is 1. The molecule has 5 nitrogen and oxygen atoms in total. The molecule has 0 saturated carbocycles. The summed E-state index contributed by atoms with van der Waals surface area (Å²) < 4.78 is 5.84. The van der Waals surface area contributed by atoms with Crippen molar-refractivity contribution in [3.8, 4) is 11.1 Å². The van der Waals surface area contributed by atoms with Crippen LogP contribution in [0.3, 0.4) is 0 Å². The van der Waals surface area contributed by atoms with Crippen molar-refractivity contribution >= 4 is 24.4 Å². The van der Waals surface area contributed by atoms with Gasteiger partial charge >= 0.3 is 6.09 Å². The molecule has 1 amide bonds. The number of nitrogens with zero attached hydrogens (tertiary/aromatic N) is 2. The van der Waals surface area contributed by atoms with E-state index in [0.717, 1.165) is 41.3 Å². The topological polar surface area (TPSA) is 58.8 Å². The normalized spacial score (nSPS) is 15.8. The number of carbonyl (C=O) groups excluding carboxylic acids is 1. The number of hydrogen-bond acceptors (Lipinski definition) is 5. The van der Waals surface area contributed by atoms with Crippen LogP contribution in [-0.2, 0) is 11.3 Å². The minimum Gasteiger partial charge on any atom is -0.448 e. The van der Waals surface area contributed by atoms with Crippen molar-refractivity contribution in [1.29, 1.82) is 0 Å². The number of nitrogens with two attached hydrogens (primary N) is 1. The third-order valence-corrected chi connectivity index (χ3v) is 7.81. The van der Waals surface area contributed by atoms with Gasteiger partial charge in [-0.25, -0.2) is 4.79 Å². The summed E-state index contributed by atoms with van der Waals surface area (Å²) in [5.41, 5.74) is 15.4. The lowest BCUT2D eigenvalue weighted by atomic mass is 9.98. The van der Waals surface area contributed by atoms with E-state index in [-0.39, 0.29) is 12.0 Å². The van der Waals surface area contributed by atoms with Crippen LogP contribution in [0.1, 0.15) is 33.7 Å². The number of carbonyl (C=O) groups is 1. The number of ether oxygens (including phenoxy) is 1. The van der Waals surface area contributed by atoms with E-state index >= 15 is 0 Å². The molecule has 1 saturated heterocycles. The number of fused-ring (bicyclic) bond motifs is 3. The van der Waals surface area contributed by atoms with Gasteiger partial charge in [0.15, 0.2) is 0 Å². The van der Waals surface area contributed by atoms with Crippen LogP contribution < -0.4 is 5.73 Å². The quantitative estimate of drug-likeness (QED) is 0.402.